The Morgan fingerprint density at radius 1 is 1.60 bits per heavy atom. The Morgan fingerprint density at radius 2 is 2.27 bits per heavy atom. The van der Waals surface area contributed by atoms with Crippen molar-refractivity contribution in [2.75, 3.05) is 6.54 Å². The summed E-state index contributed by atoms with van der Waals surface area (Å²) < 4.78 is 5.26. The van der Waals surface area contributed by atoms with Crippen molar-refractivity contribution >= 4 is 11.8 Å². The van der Waals surface area contributed by atoms with Gasteiger partial charge in [-0.05, 0) is 27.2 Å². The van der Waals surface area contributed by atoms with Crippen LogP contribution in [0.2, 0.25) is 0 Å². The van der Waals surface area contributed by atoms with Crippen LogP contribution in [0.1, 0.15) is 27.2 Å². The molecule has 1 aliphatic heterocycles. The Labute approximate surface area is 88.7 Å². The van der Waals surface area contributed by atoms with E-state index in [-0.39, 0.29) is 18.1 Å². The molecule has 2 rings (SSSR count). The first-order valence-corrected chi connectivity index (χ1v) is 5.15. The van der Waals surface area contributed by atoms with Gasteiger partial charge in [-0.25, -0.2) is 4.79 Å². The van der Waals surface area contributed by atoms with Gasteiger partial charge in [0.05, 0.1) is 11.8 Å². The smallest absolute Gasteiger partial charge is 0.410 e. The summed E-state index contributed by atoms with van der Waals surface area (Å²) in [5.74, 6) is 0.266. The minimum absolute atomic E-state index is 0.00940. The van der Waals surface area contributed by atoms with Gasteiger partial charge >= 0.3 is 6.09 Å². The Kier molecular flexibility index (Phi) is 2.13. The third kappa shape index (κ3) is 1.78. The van der Waals surface area contributed by atoms with Crippen LogP contribution < -0.4 is 0 Å². The fraction of sp³-hybridized carbons (Fsp3) is 0.800. The van der Waals surface area contributed by atoms with Crippen LogP contribution in [-0.4, -0.2) is 40.1 Å². The van der Waals surface area contributed by atoms with E-state index >= 15 is 0 Å². The van der Waals surface area contributed by atoms with Crippen molar-refractivity contribution in [2.45, 2.75) is 38.8 Å². The van der Waals surface area contributed by atoms with Gasteiger partial charge in [0.2, 0.25) is 0 Å². The van der Waals surface area contributed by atoms with Crippen molar-refractivity contribution in [1.29, 1.82) is 0 Å². The van der Waals surface area contributed by atoms with E-state index in [1.165, 1.54) is 0 Å². The molecular weight excluding hydrogens is 196 g/mol. The summed E-state index contributed by atoms with van der Waals surface area (Å²) in [5.41, 5.74) is 0.243. The minimum Gasteiger partial charge on any atom is -0.444 e. The summed E-state index contributed by atoms with van der Waals surface area (Å²) in [5, 5.41) is 11.8. The molecule has 0 aromatic heterocycles. The lowest BCUT2D eigenvalue weighted by molar-refractivity contribution is 0.0279. The highest BCUT2D eigenvalue weighted by atomic mass is 16.6. The van der Waals surface area contributed by atoms with Gasteiger partial charge in [-0.2, -0.15) is 0 Å². The quantitative estimate of drug-likeness (QED) is 0.488. The van der Waals surface area contributed by atoms with Gasteiger partial charge < -0.3 is 9.94 Å². The molecule has 1 heterocycles. The summed E-state index contributed by atoms with van der Waals surface area (Å²) in [4.78, 5) is 13.4. The fourth-order valence-corrected chi connectivity index (χ4v) is 2.05. The standard InChI is InChI=1S/C10H16N2O3/c1-10(2,3)15-9(13)12-5-4-6-7(11-14)8(6)12/h6,8,14H,4-5H2,1-3H3/b11-7+. The Hall–Kier alpha value is -1.26. The normalized spacial score (nSPS) is 31.7. The average Bonchev–Trinajstić information content (AvgIpc) is 2.60. The van der Waals surface area contributed by atoms with Crippen molar-refractivity contribution in [2.24, 2.45) is 11.1 Å². The molecule has 2 fully saturated rings. The molecule has 0 spiro atoms. The zero-order chi connectivity index (χ0) is 11.2. The predicted octanol–water partition coefficient (Wildman–Crippen LogP) is 1.46. The van der Waals surface area contributed by atoms with Crippen molar-refractivity contribution < 1.29 is 14.7 Å². The number of nitrogens with zero attached hydrogens (tertiary/aromatic N) is 2. The Bertz CT molecular complexity index is 319. The van der Waals surface area contributed by atoms with Crippen LogP contribution >= 0.6 is 0 Å². The Balaban J connectivity index is 1.98. The van der Waals surface area contributed by atoms with Crippen LogP contribution in [-0.2, 0) is 4.74 Å². The van der Waals surface area contributed by atoms with Crippen LogP contribution in [0.25, 0.3) is 0 Å². The summed E-state index contributed by atoms with van der Waals surface area (Å²) in [6.07, 6.45) is 0.567. The molecular formula is C10H16N2O3. The van der Waals surface area contributed by atoms with Crippen LogP contribution in [0.3, 0.4) is 0 Å². The second kappa shape index (κ2) is 3.12. The van der Waals surface area contributed by atoms with Gasteiger partial charge in [-0.1, -0.05) is 5.16 Å². The van der Waals surface area contributed by atoms with Crippen LogP contribution in [0, 0.1) is 5.92 Å². The van der Waals surface area contributed by atoms with E-state index < -0.39 is 5.60 Å². The molecule has 84 valence electrons. The summed E-state index contributed by atoms with van der Waals surface area (Å²) >= 11 is 0. The summed E-state index contributed by atoms with van der Waals surface area (Å²) in [6, 6.07) is -0.00940. The fourth-order valence-electron chi connectivity index (χ4n) is 2.05. The number of fused-ring (bicyclic) bond motifs is 1. The van der Waals surface area contributed by atoms with Crippen LogP contribution in [0.5, 0.6) is 0 Å². The number of hydrogen-bond acceptors (Lipinski definition) is 4. The summed E-state index contributed by atoms with van der Waals surface area (Å²) in [7, 11) is 0. The van der Waals surface area contributed by atoms with E-state index in [0.717, 1.165) is 6.42 Å². The second-order valence-electron chi connectivity index (χ2n) is 5.04. The highest BCUT2D eigenvalue weighted by Crippen LogP contribution is 2.42. The number of carbonyl (C=O) groups excluding carboxylic acids is 1. The molecule has 0 aromatic rings. The zero-order valence-electron chi connectivity index (χ0n) is 9.23. The molecule has 1 saturated heterocycles. The number of oxime groups is 1. The average molecular weight is 212 g/mol. The van der Waals surface area contributed by atoms with E-state index in [4.69, 9.17) is 9.94 Å². The van der Waals surface area contributed by atoms with E-state index in [1.807, 2.05) is 20.8 Å². The van der Waals surface area contributed by atoms with Gasteiger partial charge in [0.1, 0.15) is 5.60 Å². The van der Waals surface area contributed by atoms with Crippen molar-refractivity contribution in [3.8, 4) is 0 Å². The highest BCUT2D eigenvalue weighted by Gasteiger charge is 2.57. The number of ether oxygens (including phenoxy) is 1. The van der Waals surface area contributed by atoms with Crippen molar-refractivity contribution in [3.05, 3.63) is 0 Å². The molecule has 15 heavy (non-hydrogen) atoms. The lowest BCUT2D eigenvalue weighted by Crippen LogP contribution is -2.37. The number of rotatable bonds is 0. The zero-order valence-corrected chi connectivity index (χ0v) is 9.23. The number of hydrogen-bond donors (Lipinski definition) is 1. The van der Waals surface area contributed by atoms with Crippen LogP contribution in [0.15, 0.2) is 5.16 Å². The molecule has 1 saturated carbocycles. The SMILES string of the molecule is CC(C)(C)OC(=O)N1CCC2/C(=N\O)C21. The van der Waals surface area contributed by atoms with Gasteiger partial charge in [-0.3, -0.25) is 4.90 Å². The second-order valence-corrected chi connectivity index (χ2v) is 5.04. The molecule has 1 aliphatic carbocycles. The molecule has 2 aliphatic rings. The monoisotopic (exact) mass is 212 g/mol. The van der Waals surface area contributed by atoms with Crippen LogP contribution in [0.4, 0.5) is 4.79 Å². The van der Waals surface area contributed by atoms with E-state index in [0.29, 0.717) is 12.3 Å². The molecule has 5 nitrogen and oxygen atoms in total. The van der Waals surface area contributed by atoms with Gasteiger partial charge in [0.25, 0.3) is 0 Å². The topological polar surface area (TPSA) is 62.1 Å². The molecule has 0 aromatic carbocycles. The minimum atomic E-state index is -0.472. The Morgan fingerprint density at radius 3 is 2.73 bits per heavy atom. The number of likely N-dealkylation sites (tertiary alicyclic amines) is 1. The molecule has 1 amide bonds. The number of amides is 1. The first kappa shape index (κ1) is 10.3. The molecule has 2 unspecified atom stereocenters. The van der Waals surface area contributed by atoms with Gasteiger partial charge in [0, 0.05) is 12.5 Å². The maximum Gasteiger partial charge on any atom is 0.410 e. The first-order valence-electron chi connectivity index (χ1n) is 5.15. The predicted molar refractivity (Wildman–Crippen MR) is 54.1 cm³/mol. The summed E-state index contributed by atoms with van der Waals surface area (Å²) in [6.45, 7) is 6.22. The maximum absolute atomic E-state index is 11.7. The molecule has 5 heteroatoms. The third-order valence-electron chi connectivity index (χ3n) is 2.72. The van der Waals surface area contributed by atoms with Crippen molar-refractivity contribution in [3.63, 3.8) is 0 Å². The van der Waals surface area contributed by atoms with E-state index in [9.17, 15) is 4.79 Å². The molecule has 0 radical (unpaired) electrons. The molecule has 0 bridgehead atoms. The maximum atomic E-state index is 11.7. The van der Waals surface area contributed by atoms with Gasteiger partial charge in [-0.15, -0.1) is 0 Å². The third-order valence-corrected chi connectivity index (χ3v) is 2.72. The lowest BCUT2D eigenvalue weighted by atomic mass is 10.2. The lowest BCUT2D eigenvalue weighted by Gasteiger charge is -2.25. The van der Waals surface area contributed by atoms with Gasteiger partial charge in [0.15, 0.2) is 0 Å². The number of carbonyl (C=O) groups is 1. The molecule has 1 N–H and O–H groups in total. The largest absolute Gasteiger partial charge is 0.444 e. The van der Waals surface area contributed by atoms with E-state index in [1.54, 1.807) is 4.90 Å². The van der Waals surface area contributed by atoms with Crippen molar-refractivity contribution in [1.82, 2.24) is 4.90 Å². The number of piperidine rings is 1. The highest BCUT2D eigenvalue weighted by molar-refractivity contribution is 6.09. The first-order chi connectivity index (χ1) is 6.94. The van der Waals surface area contributed by atoms with E-state index in [2.05, 4.69) is 5.16 Å². The molecule has 2 atom stereocenters.